The normalized spacial score (nSPS) is 13.2. The molecule has 0 aromatic heterocycles. The number of carboxylic acid groups (broad SMARTS) is 1. The molecule has 1 rings (SSSR count). The lowest BCUT2D eigenvalue weighted by Crippen LogP contribution is -2.30. The molecule has 1 atom stereocenters. The van der Waals surface area contributed by atoms with Crippen LogP contribution in [0.5, 0.6) is 0 Å². The number of carboxylic acids is 1. The Labute approximate surface area is 127 Å². The standard InChI is InChI=1S/C12H15Cl2NO4S/c1-2-8(5-12(16)17)7-15-20(18,19)11-6-9(13)3-4-10(11)14/h3-4,6,8,15H,2,5,7H2,1H3,(H,16,17). The van der Waals surface area contributed by atoms with Gasteiger partial charge >= 0.3 is 5.97 Å². The summed E-state index contributed by atoms with van der Waals surface area (Å²) in [5.41, 5.74) is 0. The summed E-state index contributed by atoms with van der Waals surface area (Å²) < 4.78 is 26.6. The molecule has 20 heavy (non-hydrogen) atoms. The lowest BCUT2D eigenvalue weighted by molar-refractivity contribution is -0.138. The highest BCUT2D eigenvalue weighted by atomic mass is 35.5. The summed E-state index contributed by atoms with van der Waals surface area (Å²) in [6.07, 6.45) is 0.459. The zero-order chi connectivity index (χ0) is 15.3. The average Bonchev–Trinajstić information content (AvgIpc) is 2.36. The van der Waals surface area contributed by atoms with Crippen molar-refractivity contribution >= 4 is 39.2 Å². The van der Waals surface area contributed by atoms with E-state index < -0.39 is 16.0 Å². The number of hydrogen-bond acceptors (Lipinski definition) is 3. The van der Waals surface area contributed by atoms with E-state index in [2.05, 4.69) is 4.72 Å². The van der Waals surface area contributed by atoms with E-state index in [1.165, 1.54) is 18.2 Å². The monoisotopic (exact) mass is 339 g/mol. The van der Waals surface area contributed by atoms with E-state index >= 15 is 0 Å². The van der Waals surface area contributed by atoms with Crippen LogP contribution in [0.4, 0.5) is 0 Å². The number of nitrogens with one attached hydrogen (secondary N) is 1. The zero-order valence-corrected chi connectivity index (χ0v) is 13.1. The van der Waals surface area contributed by atoms with E-state index in [0.29, 0.717) is 6.42 Å². The van der Waals surface area contributed by atoms with Crippen LogP contribution in [-0.2, 0) is 14.8 Å². The minimum Gasteiger partial charge on any atom is -0.481 e. The Morgan fingerprint density at radius 3 is 2.60 bits per heavy atom. The lowest BCUT2D eigenvalue weighted by Gasteiger charge is -2.14. The van der Waals surface area contributed by atoms with E-state index in [4.69, 9.17) is 28.3 Å². The minimum atomic E-state index is -3.81. The molecule has 0 aliphatic heterocycles. The van der Waals surface area contributed by atoms with Gasteiger partial charge < -0.3 is 5.11 Å². The van der Waals surface area contributed by atoms with Gasteiger partial charge in [-0.25, -0.2) is 13.1 Å². The molecular formula is C12H15Cl2NO4S. The van der Waals surface area contributed by atoms with Gasteiger partial charge in [-0.2, -0.15) is 0 Å². The number of aliphatic carboxylic acids is 1. The van der Waals surface area contributed by atoms with Crippen molar-refractivity contribution in [2.24, 2.45) is 5.92 Å². The molecule has 0 aliphatic rings. The summed E-state index contributed by atoms with van der Waals surface area (Å²) in [4.78, 5) is 10.5. The first-order chi connectivity index (χ1) is 9.26. The third-order valence-corrected chi connectivity index (χ3v) is 4.93. The van der Waals surface area contributed by atoms with Gasteiger partial charge in [-0.15, -0.1) is 0 Å². The minimum absolute atomic E-state index is 0.0357. The number of rotatable bonds is 7. The molecule has 1 aromatic rings. The Hall–Kier alpha value is -0.820. The maximum absolute atomic E-state index is 12.1. The van der Waals surface area contributed by atoms with E-state index in [-0.39, 0.29) is 33.8 Å². The number of benzene rings is 1. The van der Waals surface area contributed by atoms with Gasteiger partial charge in [0.15, 0.2) is 0 Å². The van der Waals surface area contributed by atoms with Crippen LogP contribution in [0.15, 0.2) is 23.1 Å². The van der Waals surface area contributed by atoms with Gasteiger partial charge in [-0.1, -0.05) is 36.5 Å². The van der Waals surface area contributed by atoms with Gasteiger partial charge in [-0.05, 0) is 24.1 Å². The summed E-state index contributed by atoms with van der Waals surface area (Å²) >= 11 is 11.6. The molecule has 0 heterocycles. The Morgan fingerprint density at radius 2 is 2.05 bits per heavy atom. The van der Waals surface area contributed by atoms with Crippen LogP contribution >= 0.6 is 23.2 Å². The van der Waals surface area contributed by atoms with Gasteiger partial charge in [0.25, 0.3) is 0 Å². The van der Waals surface area contributed by atoms with E-state index in [0.717, 1.165) is 0 Å². The van der Waals surface area contributed by atoms with Gasteiger partial charge in [0.2, 0.25) is 10.0 Å². The SMILES string of the molecule is CCC(CNS(=O)(=O)c1cc(Cl)ccc1Cl)CC(=O)O. The Morgan fingerprint density at radius 1 is 1.40 bits per heavy atom. The molecule has 0 aliphatic carbocycles. The van der Waals surface area contributed by atoms with Crippen LogP contribution in [0.2, 0.25) is 10.0 Å². The molecule has 0 amide bonds. The van der Waals surface area contributed by atoms with Gasteiger partial charge in [-0.3, -0.25) is 4.79 Å². The van der Waals surface area contributed by atoms with E-state index in [1.54, 1.807) is 6.92 Å². The fraction of sp³-hybridized carbons (Fsp3) is 0.417. The largest absolute Gasteiger partial charge is 0.481 e. The Kier molecular flexibility index (Phi) is 6.26. The third-order valence-electron chi connectivity index (χ3n) is 2.79. The van der Waals surface area contributed by atoms with Crippen molar-refractivity contribution in [3.05, 3.63) is 28.2 Å². The van der Waals surface area contributed by atoms with Crippen LogP contribution in [0, 0.1) is 5.92 Å². The summed E-state index contributed by atoms with van der Waals surface area (Å²) in [6.45, 7) is 1.84. The van der Waals surface area contributed by atoms with E-state index in [9.17, 15) is 13.2 Å². The molecule has 2 N–H and O–H groups in total. The molecule has 0 radical (unpaired) electrons. The lowest BCUT2D eigenvalue weighted by atomic mass is 10.0. The molecule has 1 aromatic carbocycles. The van der Waals surface area contributed by atoms with Gasteiger partial charge in [0.05, 0.1) is 5.02 Å². The highest BCUT2D eigenvalue weighted by Crippen LogP contribution is 2.25. The zero-order valence-electron chi connectivity index (χ0n) is 10.8. The Bertz CT molecular complexity index is 589. The summed E-state index contributed by atoms with van der Waals surface area (Å²) in [6, 6.07) is 4.14. The predicted octanol–water partition coefficient (Wildman–Crippen LogP) is 2.77. The van der Waals surface area contributed by atoms with Crippen LogP contribution in [-0.4, -0.2) is 26.0 Å². The molecule has 1 unspecified atom stereocenters. The number of halogens is 2. The molecule has 112 valence electrons. The van der Waals surface area contributed by atoms with Crippen molar-refractivity contribution in [3.8, 4) is 0 Å². The molecule has 0 fully saturated rings. The third kappa shape index (κ3) is 4.94. The molecule has 0 saturated heterocycles. The molecule has 0 bridgehead atoms. The number of sulfonamides is 1. The van der Waals surface area contributed by atoms with Crippen molar-refractivity contribution in [2.45, 2.75) is 24.7 Å². The van der Waals surface area contributed by atoms with Crippen molar-refractivity contribution in [1.82, 2.24) is 4.72 Å². The van der Waals surface area contributed by atoms with E-state index in [1.807, 2.05) is 0 Å². The summed E-state index contributed by atoms with van der Waals surface area (Å²) in [5, 5.41) is 9.05. The molecular weight excluding hydrogens is 325 g/mol. The molecule has 5 nitrogen and oxygen atoms in total. The molecule has 8 heteroatoms. The summed E-state index contributed by atoms with van der Waals surface area (Å²) in [5.74, 6) is -1.24. The molecule has 0 saturated carbocycles. The quantitative estimate of drug-likeness (QED) is 0.799. The van der Waals surface area contributed by atoms with Gasteiger partial charge in [0.1, 0.15) is 4.90 Å². The van der Waals surface area contributed by atoms with Crippen LogP contribution in [0.1, 0.15) is 19.8 Å². The molecule has 0 spiro atoms. The fourth-order valence-corrected chi connectivity index (χ4v) is 3.47. The maximum Gasteiger partial charge on any atom is 0.303 e. The number of carbonyl (C=O) groups is 1. The first-order valence-corrected chi connectivity index (χ1v) is 8.16. The van der Waals surface area contributed by atoms with Crippen LogP contribution < -0.4 is 4.72 Å². The second kappa shape index (κ2) is 7.26. The van der Waals surface area contributed by atoms with Crippen LogP contribution in [0.25, 0.3) is 0 Å². The number of hydrogen-bond donors (Lipinski definition) is 2. The first kappa shape index (κ1) is 17.2. The first-order valence-electron chi connectivity index (χ1n) is 5.92. The predicted molar refractivity (Wildman–Crippen MR) is 77.7 cm³/mol. The smallest absolute Gasteiger partial charge is 0.303 e. The highest BCUT2D eigenvalue weighted by Gasteiger charge is 2.20. The highest BCUT2D eigenvalue weighted by molar-refractivity contribution is 7.89. The van der Waals surface area contributed by atoms with Crippen molar-refractivity contribution in [3.63, 3.8) is 0 Å². The van der Waals surface area contributed by atoms with Crippen molar-refractivity contribution in [2.75, 3.05) is 6.54 Å². The second-order valence-electron chi connectivity index (χ2n) is 4.30. The Balaban J connectivity index is 2.84. The topological polar surface area (TPSA) is 83.5 Å². The fourth-order valence-electron chi connectivity index (χ4n) is 1.60. The summed E-state index contributed by atoms with van der Waals surface area (Å²) in [7, 11) is -3.81. The maximum atomic E-state index is 12.1. The van der Waals surface area contributed by atoms with Gasteiger partial charge in [0, 0.05) is 18.0 Å². The van der Waals surface area contributed by atoms with Crippen molar-refractivity contribution < 1.29 is 18.3 Å². The van der Waals surface area contributed by atoms with Crippen molar-refractivity contribution in [1.29, 1.82) is 0 Å². The second-order valence-corrected chi connectivity index (χ2v) is 6.88. The average molecular weight is 340 g/mol. The van der Waals surface area contributed by atoms with Crippen LogP contribution in [0.3, 0.4) is 0 Å².